The van der Waals surface area contributed by atoms with Crippen LogP contribution in [-0.2, 0) is 0 Å². The Hall–Kier alpha value is -1.44. The number of benzene rings is 1. The molecule has 0 bridgehead atoms. The molecule has 13 heavy (non-hydrogen) atoms. The highest BCUT2D eigenvalue weighted by molar-refractivity contribution is 5.62. The van der Waals surface area contributed by atoms with Gasteiger partial charge in [-0.2, -0.15) is 0 Å². The molecular weight excluding hydrogens is 162 g/mol. The van der Waals surface area contributed by atoms with Gasteiger partial charge in [-0.25, -0.2) is 0 Å². The van der Waals surface area contributed by atoms with E-state index in [4.69, 9.17) is 4.74 Å². The predicted octanol–water partition coefficient (Wildman–Crippen LogP) is 2.77. The van der Waals surface area contributed by atoms with Gasteiger partial charge in [0.15, 0.2) is 0 Å². The van der Waals surface area contributed by atoms with E-state index in [1.165, 1.54) is 0 Å². The number of nitrogens with one attached hydrogen (secondary N) is 1. The van der Waals surface area contributed by atoms with Crippen molar-refractivity contribution in [3.63, 3.8) is 0 Å². The summed E-state index contributed by atoms with van der Waals surface area (Å²) in [5, 5.41) is 3.07. The van der Waals surface area contributed by atoms with E-state index in [1.54, 1.807) is 7.11 Å². The summed E-state index contributed by atoms with van der Waals surface area (Å²) in [4.78, 5) is 0. The van der Waals surface area contributed by atoms with Crippen LogP contribution in [0.2, 0.25) is 0 Å². The van der Waals surface area contributed by atoms with Gasteiger partial charge >= 0.3 is 0 Å². The zero-order chi connectivity index (χ0) is 9.68. The van der Waals surface area contributed by atoms with Crippen molar-refractivity contribution in [2.45, 2.75) is 6.92 Å². The monoisotopic (exact) mass is 177 g/mol. The molecule has 0 amide bonds. The normalized spacial score (nSPS) is 10.4. The first-order valence-corrected chi connectivity index (χ1v) is 4.30. The van der Waals surface area contributed by atoms with Gasteiger partial charge in [0.2, 0.25) is 0 Å². The Kier molecular flexibility index (Phi) is 3.38. The molecule has 0 aromatic heterocycles. The summed E-state index contributed by atoms with van der Waals surface area (Å²) in [7, 11) is 3.56. The summed E-state index contributed by atoms with van der Waals surface area (Å²) in [6, 6.07) is 6.06. The van der Waals surface area contributed by atoms with Crippen molar-refractivity contribution in [1.82, 2.24) is 0 Å². The molecule has 70 valence electrons. The number of anilines is 1. The highest BCUT2D eigenvalue weighted by Crippen LogP contribution is 2.25. The van der Waals surface area contributed by atoms with E-state index in [2.05, 4.69) is 5.32 Å². The molecule has 2 heteroatoms. The summed E-state index contributed by atoms with van der Waals surface area (Å²) in [6.07, 6.45) is 4.05. The number of rotatable bonds is 3. The van der Waals surface area contributed by atoms with Crippen LogP contribution < -0.4 is 10.1 Å². The Morgan fingerprint density at radius 1 is 1.38 bits per heavy atom. The molecule has 0 atom stereocenters. The number of methoxy groups -OCH3 is 1. The van der Waals surface area contributed by atoms with E-state index < -0.39 is 0 Å². The van der Waals surface area contributed by atoms with E-state index in [0.717, 1.165) is 17.0 Å². The Morgan fingerprint density at radius 3 is 2.69 bits per heavy atom. The van der Waals surface area contributed by atoms with Crippen molar-refractivity contribution >= 4 is 11.8 Å². The summed E-state index contributed by atoms with van der Waals surface area (Å²) in [5.41, 5.74) is 2.16. The van der Waals surface area contributed by atoms with E-state index in [0.29, 0.717) is 0 Å². The maximum atomic E-state index is 5.23. The summed E-state index contributed by atoms with van der Waals surface area (Å²) in [6.45, 7) is 2.00. The van der Waals surface area contributed by atoms with Gasteiger partial charge in [-0.05, 0) is 24.6 Å². The quantitative estimate of drug-likeness (QED) is 0.766. The van der Waals surface area contributed by atoms with Gasteiger partial charge < -0.3 is 10.1 Å². The van der Waals surface area contributed by atoms with Crippen molar-refractivity contribution in [2.24, 2.45) is 0 Å². The Balaban J connectivity index is 3.05. The summed E-state index contributed by atoms with van der Waals surface area (Å²) >= 11 is 0. The zero-order valence-electron chi connectivity index (χ0n) is 8.29. The fourth-order valence-electron chi connectivity index (χ4n) is 1.21. The van der Waals surface area contributed by atoms with Gasteiger partial charge in [0.1, 0.15) is 5.75 Å². The van der Waals surface area contributed by atoms with Crippen LogP contribution in [0.4, 0.5) is 5.69 Å². The SMILES string of the molecule is C/C=C\c1ccc(NC)c(OC)c1. The fraction of sp³-hybridized carbons (Fsp3) is 0.273. The average molecular weight is 177 g/mol. The lowest BCUT2D eigenvalue weighted by Crippen LogP contribution is -1.93. The molecule has 0 fully saturated rings. The van der Waals surface area contributed by atoms with Gasteiger partial charge in [-0.1, -0.05) is 18.2 Å². The highest BCUT2D eigenvalue weighted by atomic mass is 16.5. The molecule has 1 rings (SSSR count). The van der Waals surface area contributed by atoms with Crippen molar-refractivity contribution in [1.29, 1.82) is 0 Å². The maximum absolute atomic E-state index is 5.23. The minimum Gasteiger partial charge on any atom is -0.495 e. The van der Waals surface area contributed by atoms with Crippen molar-refractivity contribution < 1.29 is 4.74 Å². The second kappa shape index (κ2) is 4.55. The smallest absolute Gasteiger partial charge is 0.142 e. The second-order valence-electron chi connectivity index (χ2n) is 2.71. The zero-order valence-corrected chi connectivity index (χ0v) is 8.29. The minimum atomic E-state index is 0.873. The van der Waals surface area contributed by atoms with E-state index in [-0.39, 0.29) is 0 Å². The lowest BCUT2D eigenvalue weighted by molar-refractivity contribution is 0.416. The van der Waals surface area contributed by atoms with Gasteiger partial charge in [0.05, 0.1) is 12.8 Å². The van der Waals surface area contributed by atoms with Crippen LogP contribution in [0, 0.1) is 0 Å². The van der Waals surface area contributed by atoms with Crippen molar-refractivity contribution in [3.05, 3.63) is 29.8 Å². The minimum absolute atomic E-state index is 0.873. The number of ether oxygens (including phenoxy) is 1. The molecule has 0 radical (unpaired) electrons. The third-order valence-electron chi connectivity index (χ3n) is 1.85. The van der Waals surface area contributed by atoms with E-state index in [9.17, 15) is 0 Å². The van der Waals surface area contributed by atoms with Crippen molar-refractivity contribution in [3.8, 4) is 5.75 Å². The van der Waals surface area contributed by atoms with Crippen LogP contribution in [0.3, 0.4) is 0 Å². The first-order chi connectivity index (χ1) is 6.31. The first kappa shape index (κ1) is 9.65. The number of hydrogen-bond donors (Lipinski definition) is 1. The van der Waals surface area contributed by atoms with E-state index in [1.807, 2.05) is 44.3 Å². The van der Waals surface area contributed by atoms with Gasteiger partial charge in [0.25, 0.3) is 0 Å². The summed E-state index contributed by atoms with van der Waals surface area (Å²) in [5.74, 6) is 0.873. The third kappa shape index (κ3) is 2.25. The second-order valence-corrected chi connectivity index (χ2v) is 2.71. The van der Waals surface area contributed by atoms with Crippen LogP contribution in [0.15, 0.2) is 24.3 Å². The van der Waals surface area contributed by atoms with Gasteiger partial charge in [-0.3, -0.25) is 0 Å². The molecule has 0 aliphatic rings. The van der Waals surface area contributed by atoms with Gasteiger partial charge in [0, 0.05) is 7.05 Å². The first-order valence-electron chi connectivity index (χ1n) is 4.30. The maximum Gasteiger partial charge on any atom is 0.142 e. The molecule has 1 aromatic carbocycles. The summed E-state index contributed by atoms with van der Waals surface area (Å²) < 4.78 is 5.23. The largest absolute Gasteiger partial charge is 0.495 e. The number of allylic oxidation sites excluding steroid dienone is 1. The molecule has 0 spiro atoms. The molecule has 1 N–H and O–H groups in total. The topological polar surface area (TPSA) is 21.3 Å². The van der Waals surface area contributed by atoms with E-state index >= 15 is 0 Å². The molecule has 0 aliphatic heterocycles. The van der Waals surface area contributed by atoms with Crippen LogP contribution in [-0.4, -0.2) is 14.2 Å². The Bertz CT molecular complexity index is 305. The average Bonchev–Trinajstić information content (AvgIpc) is 2.18. The van der Waals surface area contributed by atoms with Crippen molar-refractivity contribution in [2.75, 3.05) is 19.5 Å². The third-order valence-corrected chi connectivity index (χ3v) is 1.85. The lowest BCUT2D eigenvalue weighted by Gasteiger charge is -2.08. The molecule has 0 saturated carbocycles. The highest BCUT2D eigenvalue weighted by Gasteiger charge is 1.99. The molecular formula is C11H15NO. The lowest BCUT2D eigenvalue weighted by atomic mass is 10.2. The molecule has 1 aromatic rings. The molecule has 0 heterocycles. The van der Waals surface area contributed by atoms with Crippen LogP contribution >= 0.6 is 0 Å². The molecule has 0 aliphatic carbocycles. The fourth-order valence-corrected chi connectivity index (χ4v) is 1.21. The standard InChI is InChI=1S/C11H15NO/c1-4-5-9-6-7-10(12-2)11(8-9)13-3/h4-8,12H,1-3H3/b5-4-. The molecule has 0 unspecified atom stereocenters. The van der Waals surface area contributed by atoms with Gasteiger partial charge in [-0.15, -0.1) is 0 Å². The van der Waals surface area contributed by atoms with Crippen LogP contribution in [0.5, 0.6) is 5.75 Å². The molecule has 2 nitrogen and oxygen atoms in total. The number of hydrogen-bond acceptors (Lipinski definition) is 2. The Labute approximate surface area is 79.2 Å². The predicted molar refractivity (Wildman–Crippen MR) is 57.2 cm³/mol. The van der Waals surface area contributed by atoms with Crippen LogP contribution in [0.25, 0.3) is 6.08 Å². The van der Waals surface area contributed by atoms with Crippen LogP contribution in [0.1, 0.15) is 12.5 Å². The molecule has 0 saturated heterocycles. The Morgan fingerprint density at radius 2 is 2.15 bits per heavy atom.